The minimum absolute atomic E-state index is 0.0409. The summed E-state index contributed by atoms with van der Waals surface area (Å²) in [6.07, 6.45) is 0.575. The molecule has 4 aliphatic heterocycles. The van der Waals surface area contributed by atoms with Crippen molar-refractivity contribution in [3.05, 3.63) is 106 Å². The summed E-state index contributed by atoms with van der Waals surface area (Å²) in [7, 11) is 0. The van der Waals surface area contributed by atoms with E-state index in [9.17, 15) is 23.6 Å². The molecular formula is C33H27F2N5O7. The molecule has 0 aliphatic carbocycles. The van der Waals surface area contributed by atoms with E-state index in [1.54, 1.807) is 27.9 Å². The van der Waals surface area contributed by atoms with Gasteiger partial charge in [0.25, 0.3) is 5.91 Å². The van der Waals surface area contributed by atoms with Crippen LogP contribution >= 0.6 is 0 Å². The first-order valence-corrected chi connectivity index (χ1v) is 15.0. The summed E-state index contributed by atoms with van der Waals surface area (Å²) in [5.74, 6) is -3.35. The molecule has 14 heteroatoms. The molecule has 240 valence electrons. The number of para-hydroxylation sites is 1. The largest absolute Gasteiger partial charge is 0.514 e. The van der Waals surface area contributed by atoms with Gasteiger partial charge in [-0.25, -0.2) is 13.6 Å². The van der Waals surface area contributed by atoms with E-state index in [-0.39, 0.29) is 50.0 Å². The molecule has 0 N–H and O–H groups in total. The van der Waals surface area contributed by atoms with Crippen LogP contribution in [-0.2, 0) is 14.3 Å². The molecule has 0 radical (unpaired) electrons. The van der Waals surface area contributed by atoms with Crippen LogP contribution in [0.15, 0.2) is 71.8 Å². The second kappa shape index (κ2) is 10.8. The number of hydrogen-bond donors (Lipinski definition) is 0. The topological polar surface area (TPSA) is 116 Å². The number of rotatable bonds is 3. The molecule has 2 aromatic carbocycles. The Kier molecular flexibility index (Phi) is 6.65. The Morgan fingerprint density at radius 2 is 1.77 bits per heavy atom. The van der Waals surface area contributed by atoms with E-state index >= 15 is 4.39 Å². The maximum absolute atomic E-state index is 15.9. The molecular weight excluding hydrogens is 616 g/mol. The number of ether oxygens (including phenoxy) is 3. The minimum atomic E-state index is -1.20. The summed E-state index contributed by atoms with van der Waals surface area (Å²) in [4.78, 5) is 54.8. The lowest BCUT2D eigenvalue weighted by molar-refractivity contribution is -0.139. The van der Waals surface area contributed by atoms with Crippen LogP contribution in [0.1, 0.15) is 34.6 Å². The van der Waals surface area contributed by atoms with Crippen LogP contribution in [0.3, 0.4) is 0 Å². The first-order valence-electron chi connectivity index (χ1n) is 15.0. The third kappa shape index (κ3) is 4.42. The van der Waals surface area contributed by atoms with E-state index in [0.717, 1.165) is 12.1 Å². The van der Waals surface area contributed by atoms with Crippen molar-refractivity contribution in [3.8, 4) is 22.7 Å². The van der Waals surface area contributed by atoms with Gasteiger partial charge in [-0.15, -0.1) is 0 Å². The summed E-state index contributed by atoms with van der Waals surface area (Å²) in [6, 6.07) is 13.7. The molecule has 2 amide bonds. The molecule has 4 aromatic rings. The maximum Gasteiger partial charge on any atom is 0.514 e. The van der Waals surface area contributed by atoms with E-state index < -0.39 is 53.2 Å². The van der Waals surface area contributed by atoms with Crippen molar-refractivity contribution in [3.63, 3.8) is 0 Å². The fraction of sp³-hybridized carbons (Fsp3) is 0.273. The molecule has 2 unspecified atom stereocenters. The van der Waals surface area contributed by atoms with Gasteiger partial charge in [0, 0.05) is 43.1 Å². The molecule has 0 spiro atoms. The Hall–Kier alpha value is -5.50. The van der Waals surface area contributed by atoms with Crippen molar-refractivity contribution < 1.29 is 37.4 Å². The van der Waals surface area contributed by atoms with Crippen LogP contribution < -0.4 is 15.2 Å². The van der Waals surface area contributed by atoms with Gasteiger partial charge < -0.3 is 28.6 Å². The highest BCUT2D eigenvalue weighted by atomic mass is 19.2. The number of fused-ring (bicyclic) bond motifs is 7. The van der Waals surface area contributed by atoms with Crippen LogP contribution in [0, 0.1) is 11.6 Å². The third-order valence-corrected chi connectivity index (χ3v) is 9.08. The Bertz CT molecular complexity index is 2040. The molecule has 2 atom stereocenters. The van der Waals surface area contributed by atoms with E-state index in [4.69, 9.17) is 14.2 Å². The highest BCUT2D eigenvalue weighted by Gasteiger charge is 2.47. The molecule has 2 saturated heterocycles. The van der Waals surface area contributed by atoms with E-state index in [1.165, 1.54) is 33.7 Å². The lowest BCUT2D eigenvalue weighted by Gasteiger charge is -2.51. The molecule has 0 bridgehead atoms. The number of likely N-dealkylation sites (tertiary alicyclic amines) is 1. The molecule has 47 heavy (non-hydrogen) atoms. The van der Waals surface area contributed by atoms with Crippen molar-refractivity contribution in [2.45, 2.75) is 25.2 Å². The molecule has 4 aliphatic rings. The van der Waals surface area contributed by atoms with Crippen LogP contribution in [0.25, 0.3) is 16.9 Å². The minimum Gasteiger partial charge on any atom is -0.427 e. The number of carbonyl (C=O) groups is 3. The fourth-order valence-corrected chi connectivity index (χ4v) is 6.87. The van der Waals surface area contributed by atoms with E-state index in [2.05, 4.69) is 0 Å². The Morgan fingerprint density at radius 3 is 2.57 bits per heavy atom. The number of pyridine rings is 1. The van der Waals surface area contributed by atoms with Crippen LogP contribution in [0.2, 0.25) is 0 Å². The highest BCUT2D eigenvalue weighted by molar-refractivity contribution is 5.97. The molecule has 2 fully saturated rings. The molecule has 8 rings (SSSR count). The summed E-state index contributed by atoms with van der Waals surface area (Å²) in [6.45, 7) is 2.18. The second-order valence-electron chi connectivity index (χ2n) is 11.7. The van der Waals surface area contributed by atoms with Crippen molar-refractivity contribution in [1.29, 1.82) is 0 Å². The highest BCUT2D eigenvalue weighted by Crippen LogP contribution is 2.46. The fourth-order valence-electron chi connectivity index (χ4n) is 6.87. The van der Waals surface area contributed by atoms with Crippen molar-refractivity contribution in [1.82, 2.24) is 19.0 Å². The summed E-state index contributed by atoms with van der Waals surface area (Å²) in [5.41, 5.74) is 1.29. The summed E-state index contributed by atoms with van der Waals surface area (Å²) in [5, 5.41) is 1.77. The number of nitrogens with zero attached hydrogens (tertiary/aromatic N) is 5. The zero-order valence-corrected chi connectivity index (χ0v) is 25.0. The zero-order chi connectivity index (χ0) is 32.6. The van der Waals surface area contributed by atoms with Crippen molar-refractivity contribution >= 4 is 18.0 Å². The van der Waals surface area contributed by atoms with E-state index in [0.29, 0.717) is 22.5 Å². The van der Waals surface area contributed by atoms with Gasteiger partial charge in [0.2, 0.25) is 17.1 Å². The van der Waals surface area contributed by atoms with Gasteiger partial charge in [0.1, 0.15) is 18.3 Å². The van der Waals surface area contributed by atoms with Gasteiger partial charge >= 0.3 is 6.16 Å². The molecule has 0 saturated carbocycles. The first kappa shape index (κ1) is 28.9. The lowest BCUT2D eigenvalue weighted by Crippen LogP contribution is -2.66. The monoisotopic (exact) mass is 643 g/mol. The second-order valence-corrected chi connectivity index (χ2v) is 11.7. The maximum atomic E-state index is 15.9. The number of halogens is 2. The molecule has 6 heterocycles. The lowest BCUT2D eigenvalue weighted by atomic mass is 9.91. The van der Waals surface area contributed by atoms with Crippen LogP contribution in [-0.4, -0.2) is 82.1 Å². The van der Waals surface area contributed by atoms with Gasteiger partial charge in [-0.1, -0.05) is 24.3 Å². The number of amides is 2. The Morgan fingerprint density at radius 1 is 0.957 bits per heavy atom. The van der Waals surface area contributed by atoms with Gasteiger partial charge in [0.15, 0.2) is 17.3 Å². The normalized spacial score (nSPS) is 19.8. The average Bonchev–Trinajstić information content (AvgIpc) is 3.48. The number of morpholine rings is 1. The predicted molar refractivity (Wildman–Crippen MR) is 161 cm³/mol. The standard InChI is InChI=1S/C33H27F2N5O7/c1-18(41)36-15-19(16-36)46-33(44)47-31-25(42)10-12-39-30(31)32(43)38-13-14-45-17-26(38)40(39)29-20-5-2-3-6-23(20)37-11-4-7-24(37)27-21(29)8-9-22(34)28(27)35/h2-12,19,26,29H,13-17H2,1H3. The van der Waals surface area contributed by atoms with Gasteiger partial charge in [0.05, 0.1) is 37.7 Å². The average molecular weight is 644 g/mol. The van der Waals surface area contributed by atoms with Crippen molar-refractivity contribution in [2.75, 3.05) is 37.9 Å². The summed E-state index contributed by atoms with van der Waals surface area (Å²) < 4.78 is 50.6. The van der Waals surface area contributed by atoms with Crippen molar-refractivity contribution in [2.24, 2.45) is 0 Å². The Labute approximate surface area is 265 Å². The van der Waals surface area contributed by atoms with Crippen LogP contribution in [0.4, 0.5) is 13.6 Å². The third-order valence-electron chi connectivity index (χ3n) is 9.08. The zero-order valence-electron chi connectivity index (χ0n) is 25.0. The number of benzene rings is 2. The number of carbonyl (C=O) groups excluding carboxylic acids is 3. The number of aromatic nitrogens is 2. The van der Waals surface area contributed by atoms with Gasteiger partial charge in [-0.2, -0.15) is 0 Å². The Balaban J connectivity index is 1.30. The first-order chi connectivity index (χ1) is 22.7. The number of hydrogen-bond acceptors (Lipinski definition) is 8. The van der Waals surface area contributed by atoms with E-state index in [1.807, 2.05) is 24.3 Å². The van der Waals surface area contributed by atoms with Gasteiger partial charge in [-0.05, 0) is 29.8 Å². The summed E-state index contributed by atoms with van der Waals surface area (Å²) >= 11 is 0. The predicted octanol–water partition coefficient (Wildman–Crippen LogP) is 3.18. The smallest absolute Gasteiger partial charge is 0.427 e. The molecule has 2 aromatic heterocycles. The quantitative estimate of drug-likeness (QED) is 0.313. The molecule has 12 nitrogen and oxygen atoms in total. The van der Waals surface area contributed by atoms with Gasteiger partial charge in [-0.3, -0.25) is 24.1 Å². The SMILES string of the molecule is CC(=O)N1CC(OC(=O)Oc2c3n(ccc2=O)N(C2c4ccccc4-n4cccc4-c4c2ccc(F)c4F)C2COCCN2C3=O)C1. The van der Waals surface area contributed by atoms with Crippen LogP contribution in [0.5, 0.6) is 5.75 Å².